The number of para-hydroxylation sites is 1. The van der Waals surface area contributed by atoms with Crippen molar-refractivity contribution in [2.45, 2.75) is 72.1 Å². The molecular formula is C21H30N2O2. The van der Waals surface area contributed by atoms with Crippen LogP contribution in [0.3, 0.4) is 0 Å². The molecule has 0 spiro atoms. The van der Waals surface area contributed by atoms with E-state index < -0.39 is 0 Å². The first kappa shape index (κ1) is 18.0. The average molecular weight is 342 g/mol. The molecule has 1 aliphatic heterocycles. The number of aryl methyl sites for hydroxylation is 2. The lowest BCUT2D eigenvalue weighted by Crippen LogP contribution is -2.42. The molecule has 2 heterocycles. The first-order valence-corrected chi connectivity index (χ1v) is 9.35. The number of hydrogen-bond acceptors (Lipinski definition) is 2. The summed E-state index contributed by atoms with van der Waals surface area (Å²) < 4.78 is 6.48. The Morgan fingerprint density at radius 1 is 1.32 bits per heavy atom. The monoisotopic (exact) mass is 342 g/mol. The van der Waals surface area contributed by atoms with Crippen molar-refractivity contribution < 1.29 is 9.53 Å². The normalized spacial score (nSPS) is 24.0. The Morgan fingerprint density at radius 2 is 2.08 bits per heavy atom. The van der Waals surface area contributed by atoms with E-state index >= 15 is 0 Å². The van der Waals surface area contributed by atoms with Crippen LogP contribution in [0.5, 0.6) is 0 Å². The van der Waals surface area contributed by atoms with Crippen LogP contribution in [-0.2, 0) is 9.53 Å². The van der Waals surface area contributed by atoms with Gasteiger partial charge in [0.25, 0.3) is 0 Å². The number of ether oxygens (including phenoxy) is 1. The largest absolute Gasteiger partial charge is 0.370 e. The molecule has 25 heavy (non-hydrogen) atoms. The van der Waals surface area contributed by atoms with Crippen molar-refractivity contribution in [3.63, 3.8) is 0 Å². The molecule has 1 fully saturated rings. The molecule has 0 unspecified atom stereocenters. The molecule has 136 valence electrons. The predicted molar refractivity (Wildman–Crippen MR) is 102 cm³/mol. The van der Waals surface area contributed by atoms with Gasteiger partial charge in [-0.05, 0) is 44.6 Å². The summed E-state index contributed by atoms with van der Waals surface area (Å²) in [6.45, 7) is 10.3. The smallest absolute Gasteiger partial charge is 0.217 e. The number of aromatic nitrogens is 1. The highest BCUT2D eigenvalue weighted by Gasteiger charge is 2.32. The number of fused-ring (bicyclic) bond motifs is 1. The Hall–Kier alpha value is -1.81. The van der Waals surface area contributed by atoms with Crippen molar-refractivity contribution in [2.75, 3.05) is 0 Å². The van der Waals surface area contributed by atoms with Crippen molar-refractivity contribution in [3.05, 3.63) is 35.0 Å². The second-order valence-corrected chi connectivity index (χ2v) is 7.89. The third-order valence-electron chi connectivity index (χ3n) is 5.27. The number of aromatic amines is 1. The summed E-state index contributed by atoms with van der Waals surface area (Å²) in [6, 6.07) is 6.61. The van der Waals surface area contributed by atoms with Crippen molar-refractivity contribution in [2.24, 2.45) is 5.92 Å². The highest BCUT2D eigenvalue weighted by Crippen LogP contribution is 2.37. The maximum Gasteiger partial charge on any atom is 0.217 e. The molecule has 1 aromatic heterocycles. The first-order valence-electron chi connectivity index (χ1n) is 9.35. The van der Waals surface area contributed by atoms with Gasteiger partial charge in [0, 0.05) is 29.6 Å². The van der Waals surface area contributed by atoms with Crippen LogP contribution in [0.1, 0.15) is 63.0 Å². The van der Waals surface area contributed by atoms with Crippen molar-refractivity contribution in [3.8, 4) is 0 Å². The van der Waals surface area contributed by atoms with Gasteiger partial charge in [0.15, 0.2) is 0 Å². The van der Waals surface area contributed by atoms with Gasteiger partial charge in [-0.3, -0.25) is 4.79 Å². The Bertz CT molecular complexity index is 763. The van der Waals surface area contributed by atoms with Gasteiger partial charge in [-0.1, -0.05) is 32.0 Å². The lowest BCUT2D eigenvalue weighted by molar-refractivity contribution is -0.122. The number of amides is 1. The average Bonchev–Trinajstić information content (AvgIpc) is 2.81. The van der Waals surface area contributed by atoms with Gasteiger partial charge in [-0.25, -0.2) is 0 Å². The molecule has 4 heteroatoms. The standard InChI is InChI=1S/C21H30N2O2/c1-12(2)9-17-10-16(23-15(5)24)11-20(25-17)19-8-6-7-18-13(3)14(4)22-21(18)19/h6-8,12,16-17,20,22H,9-11H2,1-5H3,(H,23,24)/t16-,17+,20+/m1/s1. The second kappa shape index (κ2) is 7.20. The minimum atomic E-state index is 0.00972. The zero-order valence-corrected chi connectivity index (χ0v) is 16.0. The van der Waals surface area contributed by atoms with Gasteiger partial charge in [0.1, 0.15) is 0 Å². The summed E-state index contributed by atoms with van der Waals surface area (Å²) >= 11 is 0. The Labute approximate surface area is 150 Å². The number of hydrogen-bond donors (Lipinski definition) is 2. The Kier molecular flexibility index (Phi) is 5.19. The van der Waals surface area contributed by atoms with Gasteiger partial charge in [0.05, 0.1) is 17.7 Å². The molecule has 1 amide bonds. The van der Waals surface area contributed by atoms with Gasteiger partial charge < -0.3 is 15.0 Å². The number of rotatable bonds is 4. The van der Waals surface area contributed by atoms with Crippen LogP contribution in [0, 0.1) is 19.8 Å². The number of nitrogens with one attached hydrogen (secondary N) is 2. The highest BCUT2D eigenvalue weighted by molar-refractivity contribution is 5.87. The van der Waals surface area contributed by atoms with E-state index in [4.69, 9.17) is 4.74 Å². The molecule has 0 aliphatic carbocycles. The topological polar surface area (TPSA) is 54.1 Å². The second-order valence-electron chi connectivity index (χ2n) is 7.89. The summed E-state index contributed by atoms with van der Waals surface area (Å²) in [7, 11) is 0. The van der Waals surface area contributed by atoms with Gasteiger partial charge in [-0.15, -0.1) is 0 Å². The summed E-state index contributed by atoms with van der Waals surface area (Å²) in [5.41, 5.74) is 4.88. The van der Waals surface area contributed by atoms with Crippen molar-refractivity contribution >= 4 is 16.8 Å². The van der Waals surface area contributed by atoms with E-state index in [1.165, 1.54) is 27.7 Å². The first-order chi connectivity index (χ1) is 11.8. The molecule has 4 nitrogen and oxygen atoms in total. The van der Waals surface area contributed by atoms with E-state index in [2.05, 4.69) is 56.2 Å². The third kappa shape index (κ3) is 3.90. The lowest BCUT2D eigenvalue weighted by Gasteiger charge is -2.37. The zero-order valence-electron chi connectivity index (χ0n) is 16.0. The summed E-state index contributed by atoms with van der Waals surface area (Å²) in [4.78, 5) is 15.1. The lowest BCUT2D eigenvalue weighted by atomic mass is 9.90. The van der Waals surface area contributed by atoms with Crippen LogP contribution in [0.4, 0.5) is 0 Å². The van der Waals surface area contributed by atoms with Crippen LogP contribution in [-0.4, -0.2) is 23.0 Å². The molecule has 1 aromatic carbocycles. The van der Waals surface area contributed by atoms with Gasteiger partial charge in [-0.2, -0.15) is 0 Å². The summed E-state index contributed by atoms with van der Waals surface area (Å²) in [6.07, 6.45) is 2.93. The maximum absolute atomic E-state index is 11.6. The van der Waals surface area contributed by atoms with Crippen LogP contribution in [0.25, 0.3) is 10.9 Å². The molecular weight excluding hydrogens is 312 g/mol. The fourth-order valence-electron chi connectivity index (χ4n) is 4.07. The molecule has 1 saturated heterocycles. The SMILES string of the molecule is CC(=O)N[C@@H]1C[C@H](CC(C)C)O[C@H](c2cccc3c(C)c(C)[nH]c23)C1. The van der Waals surface area contributed by atoms with E-state index in [0.29, 0.717) is 5.92 Å². The fourth-order valence-corrected chi connectivity index (χ4v) is 4.07. The van der Waals surface area contributed by atoms with E-state index in [0.717, 1.165) is 19.3 Å². The minimum Gasteiger partial charge on any atom is -0.370 e. The van der Waals surface area contributed by atoms with Gasteiger partial charge in [0.2, 0.25) is 5.91 Å². The van der Waals surface area contributed by atoms with Crippen LogP contribution < -0.4 is 5.32 Å². The molecule has 0 saturated carbocycles. The van der Waals surface area contributed by atoms with E-state index in [-0.39, 0.29) is 24.2 Å². The maximum atomic E-state index is 11.6. The van der Waals surface area contributed by atoms with Crippen LogP contribution in [0.15, 0.2) is 18.2 Å². The Morgan fingerprint density at radius 3 is 2.76 bits per heavy atom. The molecule has 3 rings (SSSR count). The number of benzene rings is 1. The van der Waals surface area contributed by atoms with Crippen LogP contribution in [0.2, 0.25) is 0 Å². The minimum absolute atomic E-state index is 0.00972. The van der Waals surface area contributed by atoms with E-state index in [1.54, 1.807) is 6.92 Å². The molecule has 2 N–H and O–H groups in total. The van der Waals surface area contributed by atoms with Gasteiger partial charge >= 0.3 is 0 Å². The Balaban J connectivity index is 1.93. The number of H-pyrrole nitrogens is 1. The molecule has 1 aliphatic rings. The molecule has 0 radical (unpaired) electrons. The summed E-state index contributed by atoms with van der Waals surface area (Å²) in [5.74, 6) is 0.617. The number of carbonyl (C=O) groups is 1. The zero-order chi connectivity index (χ0) is 18.1. The molecule has 0 bridgehead atoms. The van der Waals surface area contributed by atoms with E-state index in [9.17, 15) is 4.79 Å². The number of carbonyl (C=O) groups excluding carboxylic acids is 1. The molecule has 3 atom stereocenters. The fraction of sp³-hybridized carbons (Fsp3) is 0.571. The highest BCUT2D eigenvalue weighted by atomic mass is 16.5. The van der Waals surface area contributed by atoms with E-state index in [1.807, 2.05) is 0 Å². The molecule has 2 aromatic rings. The predicted octanol–water partition coefficient (Wildman–Crippen LogP) is 4.56. The quantitative estimate of drug-likeness (QED) is 0.856. The summed E-state index contributed by atoms with van der Waals surface area (Å²) in [5, 5.41) is 4.38. The third-order valence-corrected chi connectivity index (χ3v) is 5.27. The van der Waals surface area contributed by atoms with Crippen molar-refractivity contribution in [1.82, 2.24) is 10.3 Å². The van der Waals surface area contributed by atoms with Crippen LogP contribution >= 0.6 is 0 Å². The van der Waals surface area contributed by atoms with Crippen molar-refractivity contribution in [1.29, 1.82) is 0 Å².